The van der Waals surface area contributed by atoms with Crippen molar-refractivity contribution in [3.63, 3.8) is 0 Å². The Bertz CT molecular complexity index is 1170. The number of unbranched alkanes of at least 4 members (excludes halogenated alkanes) is 18. The predicted molar refractivity (Wildman–Crippen MR) is 239 cm³/mol. The van der Waals surface area contributed by atoms with Crippen molar-refractivity contribution in [1.82, 2.24) is 0 Å². The highest BCUT2D eigenvalue weighted by Crippen LogP contribution is 2.21. The van der Waals surface area contributed by atoms with Crippen LogP contribution in [-0.4, -0.2) is 77.4 Å². The molecule has 0 radical (unpaired) electrons. The molecule has 0 aromatic heterocycles. The van der Waals surface area contributed by atoms with Crippen LogP contribution in [-0.2, 0) is 52.5 Å². The van der Waals surface area contributed by atoms with Gasteiger partial charge in [-0.1, -0.05) is 164 Å². The molecule has 0 aliphatic heterocycles. The van der Waals surface area contributed by atoms with E-state index in [1.54, 1.807) is 0 Å². The summed E-state index contributed by atoms with van der Waals surface area (Å²) in [6.07, 6.45) is 13.4. The van der Waals surface area contributed by atoms with Gasteiger partial charge in [0.25, 0.3) is 0 Å². The number of hydrogen-bond acceptors (Lipinski definition) is 12. The molecule has 0 bridgehead atoms. The average Bonchev–Trinajstić information content (AvgIpc) is 3.24. The van der Waals surface area contributed by atoms with E-state index in [9.17, 15) is 33.9 Å². The second kappa shape index (κ2) is 38.6. The van der Waals surface area contributed by atoms with E-state index in [0.29, 0.717) is 38.5 Å². The minimum absolute atomic E-state index is 0.121. The zero-order chi connectivity index (χ0) is 45.7. The number of ether oxygens (including phenoxy) is 5. The summed E-state index contributed by atoms with van der Waals surface area (Å²) in [5, 5.41) is 10.5. The monoisotopic (exact) mass is 869 g/mol. The minimum Gasteiger partial charge on any atom is -0.452 e. The smallest absolute Gasteiger partial charge is 0.348 e. The lowest BCUT2D eigenvalue weighted by Crippen LogP contribution is -2.41. The fraction of sp³-hybridized carbons (Fsp3) is 0.878. The van der Waals surface area contributed by atoms with Gasteiger partial charge in [-0.25, -0.2) is 24.0 Å². The van der Waals surface area contributed by atoms with Gasteiger partial charge >= 0.3 is 29.8 Å². The molecule has 12 heteroatoms. The van der Waals surface area contributed by atoms with E-state index in [0.717, 1.165) is 122 Å². The normalized spacial score (nSPS) is 14.2. The van der Waals surface area contributed by atoms with Gasteiger partial charge in [0.05, 0.1) is 0 Å². The van der Waals surface area contributed by atoms with Crippen LogP contribution < -0.4 is 0 Å². The van der Waals surface area contributed by atoms with Gasteiger partial charge in [0.1, 0.15) is 0 Å². The van der Waals surface area contributed by atoms with Gasteiger partial charge in [0.15, 0.2) is 42.4 Å². The van der Waals surface area contributed by atoms with Crippen LogP contribution in [0.3, 0.4) is 0 Å². The molecule has 0 saturated heterocycles. The third-order valence-electron chi connectivity index (χ3n) is 11.0. The minimum atomic E-state index is -1.40. The zero-order valence-corrected chi connectivity index (χ0v) is 39.6. The molecule has 6 atom stereocenters. The molecule has 0 rings (SSSR count). The molecule has 61 heavy (non-hydrogen) atoms. The Hall–Kier alpha value is -3.02. The van der Waals surface area contributed by atoms with Gasteiger partial charge in [0, 0.05) is 0 Å². The number of aliphatic hydroxyl groups is 1. The fourth-order valence-corrected chi connectivity index (χ4v) is 6.99. The van der Waals surface area contributed by atoms with Crippen LogP contribution in [0.2, 0.25) is 0 Å². The van der Waals surface area contributed by atoms with E-state index < -0.39 is 66.5 Å². The first kappa shape index (κ1) is 58.0. The van der Waals surface area contributed by atoms with Crippen LogP contribution >= 0.6 is 0 Å². The number of Topliss-reactive ketones (excluding diaryl/α,β-unsaturated/α-hetero) is 1. The summed E-state index contributed by atoms with van der Waals surface area (Å²) in [6.45, 7) is 13.8. The number of ketones is 1. The quantitative estimate of drug-likeness (QED) is 0.0351. The second-order valence-corrected chi connectivity index (χ2v) is 16.9. The summed E-state index contributed by atoms with van der Waals surface area (Å²) in [5.74, 6) is -4.73. The fourth-order valence-electron chi connectivity index (χ4n) is 6.99. The molecule has 0 aromatic rings. The van der Waals surface area contributed by atoms with Crippen molar-refractivity contribution in [1.29, 1.82) is 0 Å². The summed E-state index contributed by atoms with van der Waals surface area (Å²) >= 11 is 0. The third kappa shape index (κ3) is 29.1. The first-order valence-corrected chi connectivity index (χ1v) is 24.6. The first-order chi connectivity index (χ1) is 29.4. The predicted octanol–water partition coefficient (Wildman–Crippen LogP) is 11.3. The summed E-state index contributed by atoms with van der Waals surface area (Å²) < 4.78 is 28.7. The van der Waals surface area contributed by atoms with Gasteiger partial charge in [-0.2, -0.15) is 0 Å². The van der Waals surface area contributed by atoms with E-state index in [1.807, 2.05) is 0 Å². The second-order valence-electron chi connectivity index (χ2n) is 16.9. The van der Waals surface area contributed by atoms with Crippen LogP contribution in [0.1, 0.15) is 241 Å². The Kier molecular flexibility index (Phi) is 36.7. The van der Waals surface area contributed by atoms with E-state index in [4.69, 9.17) is 23.7 Å². The molecule has 0 heterocycles. The number of rotatable bonds is 41. The van der Waals surface area contributed by atoms with E-state index in [2.05, 4.69) is 41.5 Å². The van der Waals surface area contributed by atoms with E-state index in [-0.39, 0.29) is 37.9 Å². The molecule has 6 unspecified atom stereocenters. The molecular formula is C49H88O12. The van der Waals surface area contributed by atoms with Gasteiger partial charge < -0.3 is 28.8 Å². The zero-order valence-electron chi connectivity index (χ0n) is 39.6. The average molecular weight is 869 g/mol. The SMILES string of the molecule is CCCCCCC(O)C(=O)OC(CCCCCC)C(=O)OC(CCCCCC)C(=O)OC(CCCCCC)C(=O)OC(CCCCCC)C(=O)OC(CCCCCC)C(C)=O. The maximum Gasteiger partial charge on any atom is 0.348 e. The highest BCUT2D eigenvalue weighted by molar-refractivity contribution is 5.88. The number of hydrogen-bond donors (Lipinski definition) is 1. The lowest BCUT2D eigenvalue weighted by molar-refractivity contribution is -0.190. The Morgan fingerprint density at radius 1 is 0.311 bits per heavy atom. The number of carbonyl (C=O) groups is 6. The molecule has 0 aromatic carbocycles. The summed E-state index contributed by atoms with van der Waals surface area (Å²) in [5.41, 5.74) is 0. The van der Waals surface area contributed by atoms with Crippen LogP contribution in [0.15, 0.2) is 0 Å². The van der Waals surface area contributed by atoms with Crippen molar-refractivity contribution in [3.05, 3.63) is 0 Å². The summed E-state index contributed by atoms with van der Waals surface area (Å²) in [6, 6.07) is 0. The van der Waals surface area contributed by atoms with Gasteiger partial charge in [-0.15, -0.1) is 0 Å². The molecule has 12 nitrogen and oxygen atoms in total. The largest absolute Gasteiger partial charge is 0.452 e. The lowest BCUT2D eigenvalue weighted by Gasteiger charge is -2.25. The number of carbonyl (C=O) groups excluding carboxylic acids is 6. The van der Waals surface area contributed by atoms with Crippen molar-refractivity contribution in [2.75, 3.05) is 0 Å². The molecule has 0 saturated carbocycles. The van der Waals surface area contributed by atoms with Crippen LogP contribution in [0.5, 0.6) is 0 Å². The number of aliphatic hydroxyl groups excluding tert-OH is 1. The van der Waals surface area contributed by atoms with Gasteiger partial charge in [-0.3, -0.25) is 4.79 Å². The molecule has 356 valence electrons. The van der Waals surface area contributed by atoms with Crippen LogP contribution in [0.25, 0.3) is 0 Å². The standard InChI is InChI=1S/C49H88O12/c1-8-14-20-26-32-39(51)45(52)58-41(34-28-22-16-10-3)47(54)60-43(36-30-24-18-12-5)49(56)61-44(37-31-25-19-13-6)48(55)59-42(35-29-23-17-11-4)46(53)57-40(38(7)50)33-27-21-15-9-2/h39-44,51H,8-37H2,1-7H3. The lowest BCUT2D eigenvalue weighted by atomic mass is 10.1. The molecule has 0 fully saturated rings. The first-order valence-electron chi connectivity index (χ1n) is 24.6. The van der Waals surface area contributed by atoms with Crippen LogP contribution in [0, 0.1) is 0 Å². The van der Waals surface area contributed by atoms with Crippen molar-refractivity contribution in [2.45, 2.75) is 278 Å². The Morgan fingerprint density at radius 2 is 0.525 bits per heavy atom. The highest BCUT2D eigenvalue weighted by atomic mass is 16.6. The number of esters is 5. The van der Waals surface area contributed by atoms with Crippen LogP contribution in [0.4, 0.5) is 0 Å². The Morgan fingerprint density at radius 3 is 0.770 bits per heavy atom. The van der Waals surface area contributed by atoms with Crippen molar-refractivity contribution in [2.24, 2.45) is 0 Å². The maximum atomic E-state index is 14.0. The molecule has 0 spiro atoms. The van der Waals surface area contributed by atoms with Crippen molar-refractivity contribution >= 4 is 35.6 Å². The van der Waals surface area contributed by atoms with E-state index in [1.165, 1.54) is 6.92 Å². The molecule has 0 aliphatic carbocycles. The maximum absolute atomic E-state index is 14.0. The molecule has 0 amide bonds. The van der Waals surface area contributed by atoms with Gasteiger partial charge in [-0.05, 0) is 77.6 Å². The molecule has 0 aliphatic rings. The Labute approximate surface area is 370 Å². The highest BCUT2D eigenvalue weighted by Gasteiger charge is 2.37. The van der Waals surface area contributed by atoms with Gasteiger partial charge in [0.2, 0.25) is 0 Å². The Balaban J connectivity index is 6.41. The molecule has 1 N–H and O–H groups in total. The van der Waals surface area contributed by atoms with E-state index >= 15 is 0 Å². The third-order valence-corrected chi connectivity index (χ3v) is 11.0. The van der Waals surface area contributed by atoms with Crippen molar-refractivity contribution in [3.8, 4) is 0 Å². The topological polar surface area (TPSA) is 169 Å². The summed E-state index contributed by atoms with van der Waals surface area (Å²) in [7, 11) is 0. The molecular weight excluding hydrogens is 781 g/mol. The summed E-state index contributed by atoms with van der Waals surface area (Å²) in [4.78, 5) is 80.8. The van der Waals surface area contributed by atoms with Crippen molar-refractivity contribution < 1.29 is 57.6 Å².